The molecule has 0 aliphatic rings. The Labute approximate surface area is 104 Å². The van der Waals surface area contributed by atoms with Gasteiger partial charge in [-0.1, -0.05) is 6.92 Å². The lowest BCUT2D eigenvalue weighted by Gasteiger charge is -2.05. The first-order valence-corrected chi connectivity index (χ1v) is 6.64. The van der Waals surface area contributed by atoms with Crippen molar-refractivity contribution in [2.24, 2.45) is 0 Å². The third-order valence-electron chi connectivity index (χ3n) is 2.86. The van der Waals surface area contributed by atoms with Crippen LogP contribution in [0.1, 0.15) is 46.1 Å². The molecule has 0 amide bonds. The maximum Gasteiger partial charge on any atom is 0.328 e. The van der Waals surface area contributed by atoms with Crippen molar-refractivity contribution in [1.29, 1.82) is 0 Å². The molecule has 0 spiro atoms. The molecule has 0 radical (unpaired) electrons. The summed E-state index contributed by atoms with van der Waals surface area (Å²) in [5.41, 5.74) is 0.113. The fourth-order valence-corrected chi connectivity index (χ4v) is 1.83. The maximum atomic E-state index is 11.9. The first kappa shape index (κ1) is 14.0. The number of nitrogens with one attached hydrogen (secondary N) is 1. The zero-order valence-corrected chi connectivity index (χ0v) is 11.3. The summed E-state index contributed by atoms with van der Waals surface area (Å²) in [5, 5.41) is 3.37. The van der Waals surface area contributed by atoms with Crippen molar-refractivity contribution in [1.82, 2.24) is 14.5 Å². The standard InChI is InChI=1S/C13H25N3O/c1-4-7-14-8-5-6-9-15-10-11-16(12(2)3)13(15)17/h10-12,14H,4-9H2,1-3H3. The Kier molecular flexibility index (Phi) is 6.05. The Morgan fingerprint density at radius 2 is 2.00 bits per heavy atom. The van der Waals surface area contributed by atoms with Crippen molar-refractivity contribution in [3.63, 3.8) is 0 Å². The molecule has 0 aromatic carbocycles. The molecule has 4 nitrogen and oxygen atoms in total. The van der Waals surface area contributed by atoms with Gasteiger partial charge in [0.15, 0.2) is 0 Å². The average Bonchev–Trinajstić information content (AvgIpc) is 2.65. The Balaban J connectivity index is 2.30. The predicted octanol–water partition coefficient (Wildman–Crippen LogP) is 2.01. The van der Waals surface area contributed by atoms with E-state index in [1.54, 1.807) is 9.13 Å². The fourth-order valence-electron chi connectivity index (χ4n) is 1.83. The lowest BCUT2D eigenvalue weighted by Crippen LogP contribution is -2.25. The van der Waals surface area contributed by atoms with Crippen LogP contribution in [0.25, 0.3) is 0 Å². The molecule has 98 valence electrons. The van der Waals surface area contributed by atoms with Crippen LogP contribution in [0.2, 0.25) is 0 Å². The average molecular weight is 239 g/mol. The molecule has 0 aliphatic heterocycles. The number of imidazole rings is 1. The van der Waals surface area contributed by atoms with E-state index in [1.165, 1.54) is 6.42 Å². The van der Waals surface area contributed by atoms with E-state index in [2.05, 4.69) is 12.2 Å². The Morgan fingerprint density at radius 1 is 1.24 bits per heavy atom. The second-order valence-corrected chi connectivity index (χ2v) is 4.73. The SMILES string of the molecule is CCCNCCCCn1ccn(C(C)C)c1=O. The van der Waals surface area contributed by atoms with Gasteiger partial charge in [-0.25, -0.2) is 4.79 Å². The lowest BCUT2D eigenvalue weighted by atomic mass is 10.3. The summed E-state index contributed by atoms with van der Waals surface area (Å²) in [7, 11) is 0. The molecule has 0 aliphatic carbocycles. The van der Waals surface area contributed by atoms with E-state index in [4.69, 9.17) is 0 Å². The van der Waals surface area contributed by atoms with E-state index in [0.717, 1.165) is 32.5 Å². The highest BCUT2D eigenvalue weighted by molar-refractivity contribution is 4.83. The van der Waals surface area contributed by atoms with Crippen LogP contribution in [0.5, 0.6) is 0 Å². The van der Waals surface area contributed by atoms with E-state index in [9.17, 15) is 4.79 Å². The van der Waals surface area contributed by atoms with Crippen LogP contribution < -0.4 is 11.0 Å². The molecule has 0 unspecified atom stereocenters. The van der Waals surface area contributed by atoms with E-state index in [0.29, 0.717) is 0 Å². The van der Waals surface area contributed by atoms with E-state index in [-0.39, 0.29) is 11.7 Å². The molecule has 1 rings (SSSR count). The fraction of sp³-hybridized carbons (Fsp3) is 0.769. The molecule has 4 heteroatoms. The summed E-state index contributed by atoms with van der Waals surface area (Å²) >= 11 is 0. The minimum atomic E-state index is 0.113. The normalized spacial score (nSPS) is 11.3. The molecule has 17 heavy (non-hydrogen) atoms. The van der Waals surface area contributed by atoms with E-state index >= 15 is 0 Å². The van der Waals surface area contributed by atoms with Crippen LogP contribution in [-0.2, 0) is 6.54 Å². The zero-order valence-electron chi connectivity index (χ0n) is 11.3. The van der Waals surface area contributed by atoms with Crippen LogP contribution in [0.15, 0.2) is 17.2 Å². The first-order chi connectivity index (χ1) is 8.16. The molecule has 1 N–H and O–H groups in total. The quantitative estimate of drug-likeness (QED) is 0.705. The summed E-state index contributed by atoms with van der Waals surface area (Å²) in [5.74, 6) is 0. The van der Waals surface area contributed by atoms with Crippen molar-refractivity contribution >= 4 is 0 Å². The summed E-state index contributed by atoms with van der Waals surface area (Å²) in [6, 6.07) is 0.245. The topological polar surface area (TPSA) is 39.0 Å². The number of hydrogen-bond acceptors (Lipinski definition) is 2. The Morgan fingerprint density at radius 3 is 2.59 bits per heavy atom. The molecule has 1 aromatic rings. The first-order valence-electron chi connectivity index (χ1n) is 6.64. The largest absolute Gasteiger partial charge is 0.328 e. The van der Waals surface area contributed by atoms with Crippen LogP contribution in [0.4, 0.5) is 0 Å². The summed E-state index contributed by atoms with van der Waals surface area (Å²) in [6.07, 6.45) is 7.12. The smallest absolute Gasteiger partial charge is 0.317 e. The third-order valence-corrected chi connectivity index (χ3v) is 2.86. The Hall–Kier alpha value is -1.03. The zero-order chi connectivity index (χ0) is 12.7. The van der Waals surface area contributed by atoms with E-state index < -0.39 is 0 Å². The number of unbranched alkanes of at least 4 members (excludes halogenated alkanes) is 1. The van der Waals surface area contributed by atoms with Crippen molar-refractivity contribution < 1.29 is 0 Å². The highest BCUT2D eigenvalue weighted by Crippen LogP contribution is 2.00. The minimum absolute atomic E-state index is 0.113. The highest BCUT2D eigenvalue weighted by Gasteiger charge is 2.05. The lowest BCUT2D eigenvalue weighted by molar-refractivity contribution is 0.525. The van der Waals surface area contributed by atoms with Crippen molar-refractivity contribution in [3.05, 3.63) is 22.9 Å². The van der Waals surface area contributed by atoms with Gasteiger partial charge in [0.1, 0.15) is 0 Å². The molecule has 0 saturated carbocycles. The third kappa shape index (κ3) is 4.38. The number of hydrogen-bond donors (Lipinski definition) is 1. The second kappa shape index (κ2) is 7.33. The molecule has 1 heterocycles. The van der Waals surface area contributed by atoms with Crippen molar-refractivity contribution in [3.8, 4) is 0 Å². The van der Waals surface area contributed by atoms with Gasteiger partial charge in [0.2, 0.25) is 0 Å². The van der Waals surface area contributed by atoms with Gasteiger partial charge in [0.05, 0.1) is 0 Å². The van der Waals surface area contributed by atoms with Gasteiger partial charge in [0, 0.05) is 25.0 Å². The monoisotopic (exact) mass is 239 g/mol. The molecule has 0 saturated heterocycles. The predicted molar refractivity (Wildman–Crippen MR) is 71.5 cm³/mol. The van der Waals surface area contributed by atoms with Gasteiger partial charge < -0.3 is 5.32 Å². The second-order valence-electron chi connectivity index (χ2n) is 4.73. The molecule has 0 bridgehead atoms. The number of rotatable bonds is 8. The minimum Gasteiger partial charge on any atom is -0.317 e. The molecular weight excluding hydrogens is 214 g/mol. The summed E-state index contributed by atoms with van der Waals surface area (Å²) in [6.45, 7) is 9.19. The van der Waals surface area contributed by atoms with Gasteiger partial charge in [-0.2, -0.15) is 0 Å². The number of aromatic nitrogens is 2. The summed E-state index contributed by atoms with van der Waals surface area (Å²) < 4.78 is 3.58. The van der Waals surface area contributed by atoms with Crippen LogP contribution >= 0.6 is 0 Å². The Bertz CT molecular complexity index is 365. The van der Waals surface area contributed by atoms with E-state index in [1.807, 2.05) is 26.2 Å². The number of aryl methyl sites for hydroxylation is 1. The molecular formula is C13H25N3O. The molecule has 1 aromatic heterocycles. The maximum absolute atomic E-state index is 11.9. The summed E-state index contributed by atoms with van der Waals surface area (Å²) in [4.78, 5) is 11.9. The molecule has 0 fully saturated rings. The van der Waals surface area contributed by atoms with Crippen molar-refractivity contribution in [2.45, 2.75) is 52.6 Å². The van der Waals surface area contributed by atoms with Gasteiger partial charge in [0.25, 0.3) is 0 Å². The number of nitrogens with zero attached hydrogens (tertiary/aromatic N) is 2. The van der Waals surface area contributed by atoms with Crippen LogP contribution in [-0.4, -0.2) is 22.2 Å². The van der Waals surface area contributed by atoms with Crippen molar-refractivity contribution in [2.75, 3.05) is 13.1 Å². The van der Waals surface area contributed by atoms with Gasteiger partial charge in [-0.05, 0) is 46.2 Å². The molecule has 0 atom stereocenters. The van der Waals surface area contributed by atoms with Gasteiger partial charge in [-0.15, -0.1) is 0 Å². The van der Waals surface area contributed by atoms with Gasteiger partial charge >= 0.3 is 5.69 Å². The van der Waals surface area contributed by atoms with Crippen LogP contribution in [0, 0.1) is 0 Å². The van der Waals surface area contributed by atoms with Gasteiger partial charge in [-0.3, -0.25) is 9.13 Å². The van der Waals surface area contributed by atoms with Crippen LogP contribution in [0.3, 0.4) is 0 Å². The highest BCUT2D eigenvalue weighted by atomic mass is 16.1.